The molecule has 3 aromatic rings. The maximum absolute atomic E-state index is 13.0. The first-order chi connectivity index (χ1) is 12.6. The number of rotatable bonds is 4. The van der Waals surface area contributed by atoms with E-state index in [4.69, 9.17) is 4.52 Å². The summed E-state index contributed by atoms with van der Waals surface area (Å²) in [6, 6.07) is 17.5. The van der Waals surface area contributed by atoms with Crippen molar-refractivity contribution in [2.24, 2.45) is 0 Å². The molecule has 4 nitrogen and oxygen atoms in total. The second-order valence-electron chi connectivity index (χ2n) is 7.03. The smallest absolute Gasteiger partial charge is 0.230 e. The van der Waals surface area contributed by atoms with Crippen molar-refractivity contribution in [2.75, 3.05) is 19.0 Å². The fraction of sp³-hybridized carbons (Fsp3) is 0.273. The number of ketones is 1. The molecule has 1 aliphatic carbocycles. The van der Waals surface area contributed by atoms with Crippen LogP contribution in [0.25, 0.3) is 0 Å². The van der Waals surface area contributed by atoms with Gasteiger partial charge >= 0.3 is 0 Å². The van der Waals surface area contributed by atoms with Crippen molar-refractivity contribution in [3.8, 4) is 0 Å². The number of hydrogen-bond acceptors (Lipinski definition) is 4. The Bertz CT molecular complexity index is 928. The zero-order chi connectivity index (χ0) is 18.1. The van der Waals surface area contributed by atoms with E-state index in [0.717, 1.165) is 47.5 Å². The molecule has 4 heteroatoms. The quantitative estimate of drug-likeness (QED) is 0.663. The van der Waals surface area contributed by atoms with Gasteiger partial charge in [-0.05, 0) is 30.7 Å². The standard InChI is InChI=1S/C22H22N2O2/c1-24(2)22-19-14-16(12-13-20(19)23-26-22)17-10-6-7-11-18(17)21(25)15-8-4-3-5-9-15/h3-11,16H,12-14H2,1-2H3. The van der Waals surface area contributed by atoms with Crippen molar-refractivity contribution in [1.29, 1.82) is 0 Å². The number of benzene rings is 2. The summed E-state index contributed by atoms with van der Waals surface area (Å²) in [5.74, 6) is 1.21. The highest BCUT2D eigenvalue weighted by Gasteiger charge is 2.29. The minimum atomic E-state index is 0.0881. The summed E-state index contributed by atoms with van der Waals surface area (Å²) in [7, 11) is 3.94. The molecule has 0 amide bonds. The summed E-state index contributed by atoms with van der Waals surface area (Å²) in [6.45, 7) is 0. The minimum Gasteiger partial charge on any atom is -0.347 e. The van der Waals surface area contributed by atoms with E-state index in [0.29, 0.717) is 5.92 Å². The number of nitrogens with zero attached hydrogens (tertiary/aromatic N) is 2. The van der Waals surface area contributed by atoms with Gasteiger partial charge in [-0.25, -0.2) is 0 Å². The Morgan fingerprint density at radius 3 is 2.58 bits per heavy atom. The average molecular weight is 346 g/mol. The first-order valence-corrected chi connectivity index (χ1v) is 8.98. The molecule has 0 bridgehead atoms. The molecule has 1 atom stereocenters. The lowest BCUT2D eigenvalue weighted by Crippen LogP contribution is -2.18. The summed E-state index contributed by atoms with van der Waals surface area (Å²) in [5.41, 5.74) is 4.88. The Kier molecular flexibility index (Phi) is 4.33. The highest BCUT2D eigenvalue weighted by Crippen LogP contribution is 2.38. The lowest BCUT2D eigenvalue weighted by molar-refractivity contribution is 0.103. The van der Waals surface area contributed by atoms with Gasteiger partial charge in [0.2, 0.25) is 5.88 Å². The van der Waals surface area contributed by atoms with Crippen molar-refractivity contribution in [1.82, 2.24) is 5.16 Å². The average Bonchev–Trinajstić information content (AvgIpc) is 3.11. The lowest BCUT2D eigenvalue weighted by atomic mass is 9.79. The van der Waals surface area contributed by atoms with Crippen LogP contribution in [0.3, 0.4) is 0 Å². The summed E-state index contributed by atoms with van der Waals surface area (Å²) in [6.07, 6.45) is 2.71. The van der Waals surface area contributed by atoms with Crippen molar-refractivity contribution >= 4 is 11.7 Å². The van der Waals surface area contributed by atoms with Gasteiger partial charge in [-0.15, -0.1) is 0 Å². The number of hydrogen-bond donors (Lipinski definition) is 0. The van der Waals surface area contributed by atoms with Crippen LogP contribution in [0.4, 0.5) is 5.88 Å². The molecule has 1 aromatic heterocycles. The molecule has 0 N–H and O–H groups in total. The highest BCUT2D eigenvalue weighted by molar-refractivity contribution is 6.10. The molecule has 4 rings (SSSR count). The SMILES string of the molecule is CN(C)c1onc2c1CC(c1ccccc1C(=O)c1ccccc1)CC2. The maximum Gasteiger partial charge on any atom is 0.230 e. The first kappa shape index (κ1) is 16.6. The number of aromatic nitrogens is 1. The highest BCUT2D eigenvalue weighted by atomic mass is 16.5. The Balaban J connectivity index is 1.69. The van der Waals surface area contributed by atoms with Crippen LogP contribution in [-0.2, 0) is 12.8 Å². The number of anilines is 1. The largest absolute Gasteiger partial charge is 0.347 e. The van der Waals surface area contributed by atoms with Gasteiger partial charge in [0.05, 0.1) is 5.69 Å². The molecule has 132 valence electrons. The molecule has 2 aromatic carbocycles. The molecule has 0 saturated heterocycles. The van der Waals surface area contributed by atoms with Crippen LogP contribution >= 0.6 is 0 Å². The van der Waals surface area contributed by atoms with Crippen LogP contribution in [0.1, 0.15) is 45.1 Å². The lowest BCUT2D eigenvalue weighted by Gasteiger charge is -2.24. The normalized spacial score (nSPS) is 16.2. The first-order valence-electron chi connectivity index (χ1n) is 8.98. The molecular formula is C22H22N2O2. The topological polar surface area (TPSA) is 46.3 Å². The van der Waals surface area contributed by atoms with Gasteiger partial charge in [-0.3, -0.25) is 4.79 Å². The monoisotopic (exact) mass is 346 g/mol. The molecule has 26 heavy (non-hydrogen) atoms. The number of carbonyl (C=O) groups is 1. The Morgan fingerprint density at radius 1 is 1.08 bits per heavy atom. The van der Waals surface area contributed by atoms with Crippen LogP contribution in [0.15, 0.2) is 59.1 Å². The van der Waals surface area contributed by atoms with E-state index < -0.39 is 0 Å². The van der Waals surface area contributed by atoms with Crippen LogP contribution in [0, 0.1) is 0 Å². The number of aryl methyl sites for hydroxylation is 1. The second kappa shape index (κ2) is 6.79. The third kappa shape index (κ3) is 2.92. The number of fused-ring (bicyclic) bond motifs is 1. The maximum atomic E-state index is 13.0. The van der Waals surface area contributed by atoms with Crippen LogP contribution in [-0.4, -0.2) is 25.0 Å². The van der Waals surface area contributed by atoms with Crippen molar-refractivity contribution in [3.63, 3.8) is 0 Å². The predicted molar refractivity (Wildman–Crippen MR) is 102 cm³/mol. The van der Waals surface area contributed by atoms with E-state index in [1.54, 1.807) is 0 Å². The third-order valence-corrected chi connectivity index (χ3v) is 5.12. The van der Waals surface area contributed by atoms with E-state index in [1.807, 2.05) is 67.5 Å². The van der Waals surface area contributed by atoms with Gasteiger partial charge in [-0.1, -0.05) is 59.8 Å². The molecule has 0 spiro atoms. The van der Waals surface area contributed by atoms with Crippen molar-refractivity contribution in [3.05, 3.63) is 82.5 Å². The molecule has 0 saturated carbocycles. The summed E-state index contributed by atoms with van der Waals surface area (Å²) in [4.78, 5) is 15.0. The summed E-state index contributed by atoms with van der Waals surface area (Å²) < 4.78 is 5.52. The Hall–Kier alpha value is -2.88. The van der Waals surface area contributed by atoms with Gasteiger partial charge in [0, 0.05) is 30.8 Å². The van der Waals surface area contributed by atoms with Crippen molar-refractivity contribution < 1.29 is 9.32 Å². The van der Waals surface area contributed by atoms with Crippen LogP contribution < -0.4 is 4.90 Å². The van der Waals surface area contributed by atoms with Gasteiger partial charge in [-0.2, -0.15) is 0 Å². The van der Waals surface area contributed by atoms with E-state index >= 15 is 0 Å². The van der Waals surface area contributed by atoms with E-state index in [1.165, 1.54) is 5.56 Å². The minimum absolute atomic E-state index is 0.0881. The molecule has 0 aliphatic heterocycles. The molecule has 1 unspecified atom stereocenters. The summed E-state index contributed by atoms with van der Waals surface area (Å²) >= 11 is 0. The Morgan fingerprint density at radius 2 is 1.81 bits per heavy atom. The molecule has 0 fully saturated rings. The van der Waals surface area contributed by atoms with Crippen molar-refractivity contribution in [2.45, 2.75) is 25.2 Å². The predicted octanol–water partition coefficient (Wildman–Crippen LogP) is 4.24. The summed E-state index contributed by atoms with van der Waals surface area (Å²) in [5, 5.41) is 4.23. The third-order valence-electron chi connectivity index (χ3n) is 5.12. The zero-order valence-electron chi connectivity index (χ0n) is 15.1. The van der Waals surface area contributed by atoms with Gasteiger partial charge in [0.25, 0.3) is 0 Å². The Labute approximate surface area is 153 Å². The molecule has 0 radical (unpaired) electrons. The van der Waals surface area contributed by atoms with Crippen LogP contribution in [0.5, 0.6) is 0 Å². The molecular weight excluding hydrogens is 324 g/mol. The number of carbonyl (C=O) groups excluding carboxylic acids is 1. The fourth-order valence-corrected chi connectivity index (χ4v) is 3.81. The van der Waals surface area contributed by atoms with Gasteiger partial charge < -0.3 is 9.42 Å². The zero-order valence-corrected chi connectivity index (χ0v) is 15.1. The molecule has 1 heterocycles. The van der Waals surface area contributed by atoms with E-state index in [-0.39, 0.29) is 5.78 Å². The van der Waals surface area contributed by atoms with E-state index in [9.17, 15) is 4.79 Å². The van der Waals surface area contributed by atoms with Gasteiger partial charge in [0.15, 0.2) is 5.78 Å². The molecule has 1 aliphatic rings. The fourth-order valence-electron chi connectivity index (χ4n) is 3.81. The van der Waals surface area contributed by atoms with E-state index in [2.05, 4.69) is 11.2 Å². The van der Waals surface area contributed by atoms with Gasteiger partial charge in [0.1, 0.15) is 0 Å². The van der Waals surface area contributed by atoms with Crippen LogP contribution in [0.2, 0.25) is 0 Å². The second-order valence-corrected chi connectivity index (χ2v) is 7.03.